The number of carbonyl (C=O) groups is 1. The molecule has 2 N–H and O–H groups in total. The van der Waals surface area contributed by atoms with E-state index >= 15 is 0 Å². The van der Waals surface area contributed by atoms with E-state index in [0.29, 0.717) is 25.5 Å². The Morgan fingerprint density at radius 3 is 2.90 bits per heavy atom. The van der Waals surface area contributed by atoms with E-state index in [0.717, 1.165) is 0 Å². The van der Waals surface area contributed by atoms with Gasteiger partial charge in [0.25, 0.3) is 0 Å². The number of methoxy groups -OCH3 is 2. The molecular formula is C13H19N3O4. The van der Waals surface area contributed by atoms with Gasteiger partial charge in [0.05, 0.1) is 13.2 Å². The fraction of sp³-hybridized carbons (Fsp3) is 0.538. The zero-order chi connectivity index (χ0) is 14.4. The van der Waals surface area contributed by atoms with Gasteiger partial charge in [-0.3, -0.25) is 5.32 Å². The Labute approximate surface area is 117 Å². The summed E-state index contributed by atoms with van der Waals surface area (Å²) in [6.45, 7) is 0.860. The molecule has 2 heterocycles. The smallest absolute Gasteiger partial charge is 0.320 e. The average molecular weight is 281 g/mol. The van der Waals surface area contributed by atoms with Crippen LogP contribution in [0.15, 0.2) is 24.4 Å². The van der Waals surface area contributed by atoms with Gasteiger partial charge in [-0.25, -0.2) is 9.78 Å². The highest BCUT2D eigenvalue weighted by Gasteiger charge is 2.43. The third kappa shape index (κ3) is 3.24. The third-order valence-corrected chi connectivity index (χ3v) is 3.31. The number of hydrogen-bond donors (Lipinski definition) is 2. The molecule has 1 saturated heterocycles. The normalized spacial score (nSPS) is 21.2. The zero-order valence-electron chi connectivity index (χ0n) is 11.6. The van der Waals surface area contributed by atoms with E-state index < -0.39 is 11.8 Å². The van der Waals surface area contributed by atoms with Gasteiger partial charge in [-0.2, -0.15) is 0 Å². The first-order valence-corrected chi connectivity index (χ1v) is 6.37. The highest BCUT2D eigenvalue weighted by molar-refractivity contribution is 5.88. The van der Waals surface area contributed by atoms with Gasteiger partial charge in [0, 0.05) is 26.8 Å². The molecule has 0 spiro atoms. The van der Waals surface area contributed by atoms with Crippen LogP contribution in [-0.4, -0.2) is 50.3 Å². The van der Waals surface area contributed by atoms with Crippen LogP contribution >= 0.6 is 0 Å². The second-order valence-electron chi connectivity index (χ2n) is 4.41. The molecule has 20 heavy (non-hydrogen) atoms. The zero-order valence-corrected chi connectivity index (χ0v) is 11.6. The summed E-state index contributed by atoms with van der Waals surface area (Å²) < 4.78 is 16.2. The van der Waals surface area contributed by atoms with E-state index in [1.165, 1.54) is 0 Å². The molecule has 1 aromatic rings. The second-order valence-corrected chi connectivity index (χ2v) is 4.41. The summed E-state index contributed by atoms with van der Waals surface area (Å²) in [5, 5.41) is 5.44. The molecule has 0 aromatic carbocycles. The number of rotatable bonds is 4. The van der Waals surface area contributed by atoms with Crippen molar-refractivity contribution in [3.05, 3.63) is 24.4 Å². The van der Waals surface area contributed by atoms with Crippen molar-refractivity contribution in [3.63, 3.8) is 0 Å². The lowest BCUT2D eigenvalue weighted by Gasteiger charge is -2.41. The largest absolute Gasteiger partial charge is 0.379 e. The summed E-state index contributed by atoms with van der Waals surface area (Å²) in [6, 6.07) is 4.50. The molecule has 1 fully saturated rings. The maximum atomic E-state index is 12.0. The van der Waals surface area contributed by atoms with Crippen molar-refractivity contribution < 1.29 is 19.0 Å². The Bertz CT molecular complexity index is 437. The van der Waals surface area contributed by atoms with E-state index in [1.54, 1.807) is 38.6 Å². The van der Waals surface area contributed by atoms with Crippen molar-refractivity contribution in [1.82, 2.24) is 10.3 Å². The summed E-state index contributed by atoms with van der Waals surface area (Å²) in [7, 11) is 3.11. The number of ether oxygens (including phenoxy) is 3. The first kappa shape index (κ1) is 14.7. The van der Waals surface area contributed by atoms with E-state index in [-0.39, 0.29) is 6.03 Å². The molecule has 2 amide bonds. The van der Waals surface area contributed by atoms with Crippen molar-refractivity contribution >= 4 is 11.8 Å². The van der Waals surface area contributed by atoms with Crippen LogP contribution in [0.1, 0.15) is 6.42 Å². The van der Waals surface area contributed by atoms with E-state index in [9.17, 15) is 4.79 Å². The molecule has 1 unspecified atom stereocenters. The second kappa shape index (κ2) is 6.65. The average Bonchev–Trinajstić information content (AvgIpc) is 2.49. The number of aromatic nitrogens is 1. The van der Waals surface area contributed by atoms with Gasteiger partial charge in [0.15, 0.2) is 5.79 Å². The summed E-state index contributed by atoms with van der Waals surface area (Å²) >= 11 is 0. The number of nitrogens with zero attached hydrogens (tertiary/aromatic N) is 1. The molecule has 7 heteroatoms. The van der Waals surface area contributed by atoms with Crippen molar-refractivity contribution in [3.8, 4) is 0 Å². The van der Waals surface area contributed by atoms with E-state index in [2.05, 4.69) is 15.6 Å². The molecule has 110 valence electrons. The van der Waals surface area contributed by atoms with E-state index in [4.69, 9.17) is 14.2 Å². The van der Waals surface area contributed by atoms with Crippen LogP contribution in [0, 0.1) is 0 Å². The Kier molecular flexibility index (Phi) is 4.89. The van der Waals surface area contributed by atoms with Crippen LogP contribution in [0.3, 0.4) is 0 Å². The number of carbonyl (C=O) groups excluding carboxylic acids is 1. The fourth-order valence-electron chi connectivity index (χ4n) is 2.19. The predicted octanol–water partition coefficient (Wildman–Crippen LogP) is 0.981. The Hall–Kier alpha value is -1.70. The van der Waals surface area contributed by atoms with Crippen LogP contribution in [0.2, 0.25) is 0 Å². The third-order valence-electron chi connectivity index (χ3n) is 3.31. The summed E-state index contributed by atoms with van der Waals surface area (Å²) in [5.41, 5.74) is 0. The Balaban J connectivity index is 1.98. The summed E-state index contributed by atoms with van der Waals surface area (Å²) in [6.07, 6.45) is 2.16. The Morgan fingerprint density at radius 2 is 2.25 bits per heavy atom. The molecule has 1 atom stereocenters. The lowest BCUT2D eigenvalue weighted by molar-refractivity contribution is -0.256. The number of anilines is 1. The van der Waals surface area contributed by atoms with Crippen molar-refractivity contribution in [2.75, 3.05) is 32.8 Å². The van der Waals surface area contributed by atoms with E-state index in [1.807, 2.05) is 0 Å². The Morgan fingerprint density at radius 1 is 1.45 bits per heavy atom. The molecule has 0 aliphatic carbocycles. The fourth-order valence-corrected chi connectivity index (χ4v) is 2.19. The standard InChI is InChI=1S/C13H19N3O4/c1-18-13(19-2)6-8-20-9-10(13)15-12(17)16-11-5-3-4-7-14-11/h3-5,7,10H,6,8-9H2,1-2H3,(H2,14,15,16,17). The molecule has 2 rings (SSSR count). The van der Waals surface area contributed by atoms with Crippen molar-refractivity contribution in [2.45, 2.75) is 18.2 Å². The minimum absolute atomic E-state index is 0.331. The lowest BCUT2D eigenvalue weighted by Crippen LogP contribution is -2.60. The van der Waals surface area contributed by atoms with Crippen LogP contribution < -0.4 is 10.6 Å². The van der Waals surface area contributed by atoms with Gasteiger partial charge in [0.1, 0.15) is 11.9 Å². The molecule has 0 saturated carbocycles. The molecule has 0 radical (unpaired) electrons. The molecular weight excluding hydrogens is 262 g/mol. The topological polar surface area (TPSA) is 81.7 Å². The van der Waals surface area contributed by atoms with Crippen LogP contribution in [0.4, 0.5) is 10.6 Å². The first-order valence-electron chi connectivity index (χ1n) is 6.37. The first-order chi connectivity index (χ1) is 9.70. The molecule has 7 nitrogen and oxygen atoms in total. The highest BCUT2D eigenvalue weighted by Crippen LogP contribution is 2.25. The van der Waals surface area contributed by atoms with Crippen LogP contribution in [0.25, 0.3) is 0 Å². The summed E-state index contributed by atoms with van der Waals surface area (Å²) in [5.74, 6) is -0.387. The van der Waals surface area contributed by atoms with Gasteiger partial charge in [0.2, 0.25) is 0 Å². The van der Waals surface area contributed by atoms with Gasteiger partial charge < -0.3 is 19.5 Å². The van der Waals surface area contributed by atoms with Crippen LogP contribution in [-0.2, 0) is 14.2 Å². The number of pyridine rings is 1. The number of amides is 2. The van der Waals surface area contributed by atoms with Gasteiger partial charge in [-0.05, 0) is 12.1 Å². The number of hydrogen-bond acceptors (Lipinski definition) is 5. The molecule has 0 bridgehead atoms. The van der Waals surface area contributed by atoms with Crippen molar-refractivity contribution in [2.24, 2.45) is 0 Å². The molecule has 1 aliphatic rings. The molecule has 1 aliphatic heterocycles. The maximum Gasteiger partial charge on any atom is 0.320 e. The quantitative estimate of drug-likeness (QED) is 0.804. The number of nitrogens with one attached hydrogen (secondary N) is 2. The predicted molar refractivity (Wildman–Crippen MR) is 72.4 cm³/mol. The highest BCUT2D eigenvalue weighted by atomic mass is 16.7. The van der Waals surface area contributed by atoms with Crippen molar-refractivity contribution in [1.29, 1.82) is 0 Å². The lowest BCUT2D eigenvalue weighted by atomic mass is 10.0. The van der Waals surface area contributed by atoms with Gasteiger partial charge in [-0.1, -0.05) is 6.07 Å². The monoisotopic (exact) mass is 281 g/mol. The van der Waals surface area contributed by atoms with Gasteiger partial charge >= 0.3 is 6.03 Å². The summed E-state index contributed by atoms with van der Waals surface area (Å²) in [4.78, 5) is 16.0. The minimum Gasteiger partial charge on any atom is -0.379 e. The number of urea groups is 1. The minimum atomic E-state index is -0.861. The molecule has 1 aromatic heterocycles. The van der Waals surface area contributed by atoms with Crippen LogP contribution in [0.5, 0.6) is 0 Å². The van der Waals surface area contributed by atoms with Gasteiger partial charge in [-0.15, -0.1) is 0 Å². The maximum absolute atomic E-state index is 12.0. The SMILES string of the molecule is COC1(OC)CCOCC1NC(=O)Nc1ccccn1.